The Morgan fingerprint density at radius 3 is 1.56 bits per heavy atom. The minimum Gasteiger partial charge on any atom is -0.496 e. The quantitative estimate of drug-likeness (QED) is 0.423. The molecule has 8 heteroatoms. The topological polar surface area (TPSA) is 101 Å². The predicted molar refractivity (Wildman–Crippen MR) is 123 cm³/mol. The van der Waals surface area contributed by atoms with Gasteiger partial charge in [0.2, 0.25) is 0 Å². The summed E-state index contributed by atoms with van der Waals surface area (Å²) in [5.74, 6) is 0.363. The number of para-hydroxylation sites is 2. The molecule has 0 fully saturated rings. The van der Waals surface area contributed by atoms with Crippen LogP contribution in [0.15, 0.2) is 83.0 Å². The normalized spacial score (nSPS) is 10.8. The Hall–Kier alpha value is -4.46. The van der Waals surface area contributed by atoms with Crippen molar-refractivity contribution in [2.75, 3.05) is 14.2 Å². The molecule has 0 aliphatic heterocycles. The van der Waals surface area contributed by atoms with Crippen LogP contribution in [-0.4, -0.2) is 38.5 Å². The summed E-state index contributed by atoms with van der Waals surface area (Å²) in [6.45, 7) is 0. The lowest BCUT2D eigenvalue weighted by atomic mass is 10.1. The van der Waals surface area contributed by atoms with E-state index in [0.717, 1.165) is 11.1 Å². The first kappa shape index (κ1) is 22.2. The van der Waals surface area contributed by atoms with Crippen LogP contribution in [-0.2, 0) is 0 Å². The summed E-state index contributed by atoms with van der Waals surface area (Å²) in [6.07, 6.45) is 2.97. The maximum atomic E-state index is 12.4. The molecular weight excluding hydrogens is 408 g/mol. The smallest absolute Gasteiger partial charge is 0.271 e. The second-order valence-electron chi connectivity index (χ2n) is 6.46. The minimum atomic E-state index is -0.455. The molecule has 2 amide bonds. The van der Waals surface area contributed by atoms with E-state index in [-0.39, 0.29) is 11.1 Å². The number of carbonyl (C=O) groups excluding carboxylic acids is 2. The van der Waals surface area contributed by atoms with Gasteiger partial charge in [0.25, 0.3) is 11.8 Å². The first-order chi connectivity index (χ1) is 15.6. The van der Waals surface area contributed by atoms with Crippen LogP contribution in [0.5, 0.6) is 11.5 Å². The summed E-state index contributed by atoms with van der Waals surface area (Å²) >= 11 is 0. The lowest BCUT2D eigenvalue weighted by molar-refractivity contribution is 0.0954. The fourth-order valence-corrected chi connectivity index (χ4v) is 2.80. The molecule has 0 saturated carbocycles. The van der Waals surface area contributed by atoms with Crippen molar-refractivity contribution >= 4 is 24.2 Å². The number of hydrazone groups is 2. The molecule has 3 rings (SSSR count). The molecule has 0 aromatic heterocycles. The molecule has 8 nitrogen and oxygen atoms in total. The van der Waals surface area contributed by atoms with Gasteiger partial charge in [-0.3, -0.25) is 9.59 Å². The Morgan fingerprint density at radius 1 is 0.688 bits per heavy atom. The highest BCUT2D eigenvalue weighted by Crippen LogP contribution is 2.15. The number of rotatable bonds is 8. The zero-order valence-corrected chi connectivity index (χ0v) is 17.6. The minimum absolute atomic E-state index is 0.281. The predicted octanol–water partition coefficient (Wildman–Crippen LogP) is 3.23. The molecule has 0 radical (unpaired) electrons. The number of nitrogens with zero attached hydrogens (tertiary/aromatic N) is 2. The highest BCUT2D eigenvalue weighted by atomic mass is 16.5. The molecule has 3 aromatic carbocycles. The first-order valence-corrected chi connectivity index (χ1v) is 9.65. The van der Waals surface area contributed by atoms with Gasteiger partial charge in [0.15, 0.2) is 0 Å². The van der Waals surface area contributed by atoms with Crippen molar-refractivity contribution in [3.8, 4) is 11.5 Å². The third-order valence-electron chi connectivity index (χ3n) is 4.40. The maximum Gasteiger partial charge on any atom is 0.271 e. The van der Waals surface area contributed by atoms with Crippen LogP contribution in [0, 0.1) is 0 Å². The summed E-state index contributed by atoms with van der Waals surface area (Å²) in [7, 11) is 3.12. The Bertz CT molecular complexity index is 1070. The Labute approximate surface area is 185 Å². The van der Waals surface area contributed by atoms with Gasteiger partial charge in [0.1, 0.15) is 11.5 Å². The van der Waals surface area contributed by atoms with E-state index in [4.69, 9.17) is 9.47 Å². The van der Waals surface area contributed by atoms with Gasteiger partial charge in [0, 0.05) is 22.3 Å². The Kier molecular flexibility index (Phi) is 7.69. The largest absolute Gasteiger partial charge is 0.496 e. The van der Waals surface area contributed by atoms with E-state index in [0.29, 0.717) is 11.5 Å². The van der Waals surface area contributed by atoms with Crippen molar-refractivity contribution in [1.29, 1.82) is 0 Å². The van der Waals surface area contributed by atoms with E-state index >= 15 is 0 Å². The van der Waals surface area contributed by atoms with E-state index in [1.807, 2.05) is 36.4 Å². The van der Waals surface area contributed by atoms with E-state index < -0.39 is 11.8 Å². The molecule has 3 aromatic rings. The fourth-order valence-electron chi connectivity index (χ4n) is 2.80. The van der Waals surface area contributed by atoms with Crippen molar-refractivity contribution < 1.29 is 19.1 Å². The number of ether oxygens (including phenoxy) is 2. The summed E-state index contributed by atoms with van der Waals surface area (Å²) in [5.41, 5.74) is 6.88. The molecular formula is C24H22N4O4. The second kappa shape index (κ2) is 11.1. The summed E-state index contributed by atoms with van der Waals surface area (Å²) in [4.78, 5) is 24.8. The monoisotopic (exact) mass is 430 g/mol. The third kappa shape index (κ3) is 5.79. The molecule has 32 heavy (non-hydrogen) atoms. The van der Waals surface area contributed by atoms with Crippen LogP contribution in [0.2, 0.25) is 0 Å². The highest BCUT2D eigenvalue weighted by molar-refractivity contribution is 6.00. The summed E-state index contributed by atoms with van der Waals surface area (Å²) < 4.78 is 10.5. The molecule has 0 heterocycles. The van der Waals surface area contributed by atoms with Crippen LogP contribution in [0.1, 0.15) is 31.8 Å². The SMILES string of the molecule is COc1ccccc1/C=N/NC(=O)c1cccc(C(=O)N/N=C/c2ccccc2OC)c1. The van der Waals surface area contributed by atoms with Gasteiger partial charge in [0.05, 0.1) is 26.6 Å². The number of nitrogens with one attached hydrogen (secondary N) is 2. The van der Waals surface area contributed by atoms with E-state index in [1.165, 1.54) is 18.5 Å². The zero-order valence-electron chi connectivity index (χ0n) is 17.6. The molecule has 0 bridgehead atoms. The Morgan fingerprint density at radius 2 is 1.12 bits per heavy atom. The number of methoxy groups -OCH3 is 2. The van der Waals surface area contributed by atoms with Crippen molar-refractivity contribution in [3.63, 3.8) is 0 Å². The number of hydrogen-bond donors (Lipinski definition) is 2. The van der Waals surface area contributed by atoms with Gasteiger partial charge in [-0.1, -0.05) is 30.3 Å². The standard InChI is InChI=1S/C24H22N4O4/c1-31-21-12-5-3-8-19(21)15-25-27-23(29)17-10-7-11-18(14-17)24(30)28-26-16-20-9-4-6-13-22(20)32-2/h3-16H,1-2H3,(H,27,29)(H,28,30)/b25-15+,26-16+. The summed E-state index contributed by atoms with van der Waals surface area (Å²) in [6, 6.07) is 20.8. The van der Waals surface area contributed by atoms with Crippen molar-refractivity contribution in [2.24, 2.45) is 10.2 Å². The van der Waals surface area contributed by atoms with Gasteiger partial charge in [-0.25, -0.2) is 10.9 Å². The highest BCUT2D eigenvalue weighted by Gasteiger charge is 2.10. The number of amides is 2. The molecule has 0 aliphatic rings. The molecule has 2 N–H and O–H groups in total. The molecule has 162 valence electrons. The molecule has 0 spiro atoms. The van der Waals surface area contributed by atoms with Crippen molar-refractivity contribution in [3.05, 3.63) is 95.1 Å². The van der Waals surface area contributed by atoms with Gasteiger partial charge in [-0.2, -0.15) is 10.2 Å². The van der Waals surface area contributed by atoms with Crippen LogP contribution in [0.3, 0.4) is 0 Å². The lowest BCUT2D eigenvalue weighted by Crippen LogP contribution is -2.21. The molecule has 0 saturated heterocycles. The van der Waals surface area contributed by atoms with Gasteiger partial charge < -0.3 is 9.47 Å². The lowest BCUT2D eigenvalue weighted by Gasteiger charge is -2.05. The third-order valence-corrected chi connectivity index (χ3v) is 4.40. The van der Waals surface area contributed by atoms with Crippen molar-refractivity contribution in [2.45, 2.75) is 0 Å². The average Bonchev–Trinajstić information content (AvgIpc) is 2.84. The second-order valence-corrected chi connectivity index (χ2v) is 6.46. The fraction of sp³-hybridized carbons (Fsp3) is 0.0833. The van der Waals surface area contributed by atoms with Crippen LogP contribution < -0.4 is 20.3 Å². The van der Waals surface area contributed by atoms with Gasteiger partial charge >= 0.3 is 0 Å². The van der Waals surface area contributed by atoms with E-state index in [1.54, 1.807) is 44.6 Å². The molecule has 0 atom stereocenters. The Balaban J connectivity index is 1.62. The molecule has 0 aliphatic carbocycles. The first-order valence-electron chi connectivity index (χ1n) is 9.65. The van der Waals surface area contributed by atoms with Crippen LogP contribution in [0.25, 0.3) is 0 Å². The van der Waals surface area contributed by atoms with Gasteiger partial charge in [-0.15, -0.1) is 0 Å². The number of benzene rings is 3. The summed E-state index contributed by atoms with van der Waals surface area (Å²) in [5, 5.41) is 7.92. The van der Waals surface area contributed by atoms with E-state index in [2.05, 4.69) is 21.1 Å². The average molecular weight is 430 g/mol. The van der Waals surface area contributed by atoms with E-state index in [9.17, 15) is 9.59 Å². The van der Waals surface area contributed by atoms with Crippen molar-refractivity contribution in [1.82, 2.24) is 10.9 Å². The number of hydrogen-bond acceptors (Lipinski definition) is 6. The zero-order chi connectivity index (χ0) is 22.8. The van der Waals surface area contributed by atoms with Crippen LogP contribution in [0.4, 0.5) is 0 Å². The number of carbonyl (C=O) groups is 2. The van der Waals surface area contributed by atoms with Crippen LogP contribution >= 0.6 is 0 Å². The van der Waals surface area contributed by atoms with Gasteiger partial charge in [-0.05, 0) is 42.5 Å². The maximum absolute atomic E-state index is 12.4. The molecule has 0 unspecified atom stereocenters.